The summed E-state index contributed by atoms with van der Waals surface area (Å²) < 4.78 is 20.8. The molecule has 5 nitrogen and oxygen atoms in total. The van der Waals surface area contributed by atoms with Gasteiger partial charge in [0.15, 0.2) is 6.23 Å². The lowest BCUT2D eigenvalue weighted by atomic mass is 10.1. The Morgan fingerprint density at radius 3 is 2.63 bits per heavy atom. The summed E-state index contributed by atoms with van der Waals surface area (Å²) in [7, 11) is -2.00. The van der Waals surface area contributed by atoms with E-state index in [4.69, 9.17) is 4.43 Å². The van der Waals surface area contributed by atoms with Crippen molar-refractivity contribution in [3.63, 3.8) is 0 Å². The molecular formula is C23H31FN2O3Si. The molecule has 0 fully saturated rings. The fourth-order valence-electron chi connectivity index (χ4n) is 3.22. The molecule has 1 aliphatic heterocycles. The van der Waals surface area contributed by atoms with Crippen LogP contribution in [-0.2, 0) is 6.42 Å². The molecule has 0 bridgehead atoms. The molecule has 1 heterocycles. The van der Waals surface area contributed by atoms with Crippen LogP contribution < -0.4 is 15.1 Å². The van der Waals surface area contributed by atoms with Crippen LogP contribution >= 0.6 is 0 Å². The third-order valence-electron chi connectivity index (χ3n) is 6.03. The fraction of sp³-hybridized carbons (Fsp3) is 0.435. The predicted molar refractivity (Wildman–Crippen MR) is 120 cm³/mol. The largest absolute Gasteiger partial charge is 0.543 e. The first kappa shape index (κ1) is 22.3. The molecule has 0 aliphatic carbocycles. The van der Waals surface area contributed by atoms with E-state index in [1.54, 1.807) is 18.2 Å². The number of carbonyl (C=O) groups is 1. The van der Waals surface area contributed by atoms with Gasteiger partial charge in [-0.25, -0.2) is 4.39 Å². The van der Waals surface area contributed by atoms with E-state index in [-0.39, 0.29) is 16.8 Å². The van der Waals surface area contributed by atoms with E-state index in [9.17, 15) is 14.3 Å². The third kappa shape index (κ3) is 4.68. The molecular weight excluding hydrogens is 399 g/mol. The van der Waals surface area contributed by atoms with Crippen LogP contribution in [0.15, 0.2) is 36.4 Å². The van der Waals surface area contributed by atoms with Gasteiger partial charge in [-0.15, -0.1) is 0 Å². The number of anilines is 1. The average molecular weight is 431 g/mol. The quantitative estimate of drug-likeness (QED) is 0.428. The normalized spacial score (nSPS) is 16.2. The number of amides is 1. The highest BCUT2D eigenvalue weighted by Crippen LogP contribution is 2.37. The summed E-state index contributed by atoms with van der Waals surface area (Å²) in [5.41, 5.74) is 2.38. The number of hydrogen-bond acceptors (Lipinski definition) is 4. The van der Waals surface area contributed by atoms with Crippen molar-refractivity contribution in [2.45, 2.75) is 58.0 Å². The lowest BCUT2D eigenvalue weighted by Crippen LogP contribution is -2.43. The van der Waals surface area contributed by atoms with Gasteiger partial charge in [-0.2, -0.15) is 0 Å². The molecule has 0 saturated carbocycles. The van der Waals surface area contributed by atoms with Crippen molar-refractivity contribution in [1.29, 1.82) is 0 Å². The molecule has 1 unspecified atom stereocenters. The van der Waals surface area contributed by atoms with E-state index < -0.39 is 14.5 Å². The van der Waals surface area contributed by atoms with Crippen LogP contribution in [0.5, 0.6) is 5.75 Å². The number of halogens is 1. The van der Waals surface area contributed by atoms with Gasteiger partial charge in [-0.1, -0.05) is 39.0 Å². The maximum Gasteiger partial charge on any atom is 0.256 e. The molecule has 0 spiro atoms. The highest BCUT2D eigenvalue weighted by Gasteiger charge is 2.39. The molecule has 2 aromatic carbocycles. The van der Waals surface area contributed by atoms with Crippen LogP contribution in [0.2, 0.25) is 18.1 Å². The Morgan fingerprint density at radius 2 is 1.97 bits per heavy atom. The summed E-state index contributed by atoms with van der Waals surface area (Å²) >= 11 is 0. The second-order valence-corrected chi connectivity index (χ2v) is 14.0. The molecule has 2 aromatic rings. The van der Waals surface area contributed by atoms with Crippen molar-refractivity contribution in [2.24, 2.45) is 0 Å². The van der Waals surface area contributed by atoms with Crippen LogP contribution in [0.1, 0.15) is 54.9 Å². The molecule has 0 aromatic heterocycles. The molecule has 3 N–H and O–H groups in total. The van der Waals surface area contributed by atoms with Gasteiger partial charge in [-0.3, -0.25) is 4.79 Å². The minimum Gasteiger partial charge on any atom is -0.543 e. The summed E-state index contributed by atoms with van der Waals surface area (Å²) in [4.78, 5) is 12.0. The zero-order chi connectivity index (χ0) is 22.1. The van der Waals surface area contributed by atoms with Crippen molar-refractivity contribution in [3.05, 3.63) is 58.9 Å². The van der Waals surface area contributed by atoms with Gasteiger partial charge >= 0.3 is 0 Å². The highest BCUT2D eigenvalue weighted by atomic mass is 28.4. The summed E-state index contributed by atoms with van der Waals surface area (Å²) in [6.07, 6.45) is 0.311. The molecule has 1 aliphatic rings. The Kier molecular flexibility index (Phi) is 6.24. The molecule has 30 heavy (non-hydrogen) atoms. The first-order valence-electron chi connectivity index (χ1n) is 10.3. The minimum absolute atomic E-state index is 0.0539. The molecule has 0 saturated heterocycles. The fourth-order valence-corrected chi connectivity index (χ4v) is 4.24. The first-order valence-corrected chi connectivity index (χ1v) is 13.2. The molecule has 1 atom stereocenters. The topological polar surface area (TPSA) is 70.6 Å². The monoisotopic (exact) mass is 430 g/mol. The number of rotatable bonds is 7. The van der Waals surface area contributed by atoms with E-state index in [1.807, 2.05) is 12.1 Å². The molecule has 162 valence electrons. The van der Waals surface area contributed by atoms with Crippen molar-refractivity contribution in [1.82, 2.24) is 5.32 Å². The van der Waals surface area contributed by atoms with Crippen molar-refractivity contribution in [3.8, 4) is 5.75 Å². The van der Waals surface area contributed by atoms with Gasteiger partial charge in [0.1, 0.15) is 11.6 Å². The van der Waals surface area contributed by atoms with Gasteiger partial charge in [0.2, 0.25) is 8.32 Å². The van der Waals surface area contributed by atoms with E-state index in [0.717, 1.165) is 0 Å². The van der Waals surface area contributed by atoms with Crippen molar-refractivity contribution < 1.29 is 18.7 Å². The summed E-state index contributed by atoms with van der Waals surface area (Å²) in [5.74, 6) is 0.0451. The van der Waals surface area contributed by atoms with E-state index in [1.165, 1.54) is 6.07 Å². The summed E-state index contributed by atoms with van der Waals surface area (Å²) in [6, 6.07) is 10.5. The molecule has 0 radical (unpaired) electrons. The number of aliphatic hydroxyl groups is 1. The van der Waals surface area contributed by atoms with E-state index in [0.29, 0.717) is 47.5 Å². The first-order chi connectivity index (χ1) is 14.0. The van der Waals surface area contributed by atoms with Gasteiger partial charge in [-0.05, 0) is 48.7 Å². The Labute approximate surface area is 178 Å². The summed E-state index contributed by atoms with van der Waals surface area (Å²) in [5, 5.41) is 15.6. The number of hydrogen-bond donors (Lipinski definition) is 3. The van der Waals surface area contributed by atoms with Gasteiger partial charge < -0.3 is 20.2 Å². The molecule has 1 amide bonds. The van der Waals surface area contributed by atoms with Crippen LogP contribution in [0, 0.1) is 5.82 Å². The third-order valence-corrected chi connectivity index (χ3v) is 10.4. The predicted octanol–water partition coefficient (Wildman–Crippen LogP) is 4.99. The Morgan fingerprint density at radius 1 is 1.23 bits per heavy atom. The van der Waals surface area contributed by atoms with Gasteiger partial charge in [0, 0.05) is 23.9 Å². The SMILES string of the molecule is CC(C)(C)[Si](C)(C)Oc1ccc(CCCNc2cccc3c2C(=O)NC3O)c(F)c1. The molecule has 3 rings (SSSR count). The number of fused-ring (bicyclic) bond motifs is 1. The minimum atomic E-state index is -2.00. The van der Waals surface area contributed by atoms with E-state index in [2.05, 4.69) is 44.5 Å². The average Bonchev–Trinajstić information content (AvgIpc) is 2.94. The van der Waals surface area contributed by atoms with Crippen LogP contribution in [0.3, 0.4) is 0 Å². The lowest BCUT2D eigenvalue weighted by molar-refractivity contribution is 0.0851. The molecule has 7 heteroatoms. The van der Waals surface area contributed by atoms with Gasteiger partial charge in [0.25, 0.3) is 5.91 Å². The Hall–Kier alpha value is -2.38. The van der Waals surface area contributed by atoms with Crippen LogP contribution in [0.25, 0.3) is 0 Å². The lowest BCUT2D eigenvalue weighted by Gasteiger charge is -2.36. The number of carbonyl (C=O) groups excluding carboxylic acids is 1. The number of aryl methyl sites for hydroxylation is 1. The van der Waals surface area contributed by atoms with Gasteiger partial charge in [0.05, 0.1) is 5.56 Å². The van der Waals surface area contributed by atoms with E-state index >= 15 is 0 Å². The van der Waals surface area contributed by atoms with Crippen LogP contribution in [0.4, 0.5) is 10.1 Å². The number of aliphatic hydroxyl groups excluding tert-OH is 1. The standard InChI is InChI=1S/C23H31FN2O3Si/c1-23(2,3)30(4,5)29-16-12-11-15(18(24)14-16)8-7-13-25-19-10-6-9-17-20(19)22(28)26-21(17)27/h6,9-12,14,21,25,27H,7-8,13H2,1-5H3,(H,26,28). The maximum atomic E-state index is 14.6. The second-order valence-electron chi connectivity index (χ2n) is 9.29. The summed E-state index contributed by atoms with van der Waals surface area (Å²) in [6.45, 7) is 11.3. The number of nitrogens with one attached hydrogen (secondary N) is 2. The zero-order valence-electron chi connectivity index (χ0n) is 18.3. The Bertz CT molecular complexity index is 941. The maximum absolute atomic E-state index is 14.6. The Balaban J connectivity index is 1.57. The van der Waals surface area contributed by atoms with Crippen LogP contribution in [-0.4, -0.2) is 25.9 Å². The van der Waals surface area contributed by atoms with Crippen molar-refractivity contribution in [2.75, 3.05) is 11.9 Å². The highest BCUT2D eigenvalue weighted by molar-refractivity contribution is 6.74. The number of benzene rings is 2. The zero-order valence-corrected chi connectivity index (χ0v) is 19.3. The van der Waals surface area contributed by atoms with Crippen molar-refractivity contribution >= 4 is 19.9 Å². The smallest absolute Gasteiger partial charge is 0.256 e. The second kappa shape index (κ2) is 8.39.